The fourth-order valence-corrected chi connectivity index (χ4v) is 2.03. The van der Waals surface area contributed by atoms with Crippen molar-refractivity contribution < 1.29 is 14.6 Å². The predicted octanol–water partition coefficient (Wildman–Crippen LogP) is 3.66. The molecule has 0 fully saturated rings. The van der Waals surface area contributed by atoms with Gasteiger partial charge in [0, 0.05) is 5.56 Å². The minimum absolute atomic E-state index is 0.0484. The van der Waals surface area contributed by atoms with E-state index in [4.69, 9.17) is 9.84 Å². The molecule has 0 saturated carbocycles. The van der Waals surface area contributed by atoms with Gasteiger partial charge < -0.3 is 9.84 Å². The van der Waals surface area contributed by atoms with Crippen LogP contribution < -0.4 is 4.74 Å². The van der Waals surface area contributed by atoms with Crippen LogP contribution in [0.25, 0.3) is 5.57 Å². The molecule has 0 aromatic heterocycles. The summed E-state index contributed by atoms with van der Waals surface area (Å²) in [5, 5.41) is 8.80. The highest BCUT2D eigenvalue weighted by molar-refractivity contribution is 5.77. The van der Waals surface area contributed by atoms with Crippen molar-refractivity contribution >= 4 is 11.5 Å². The highest BCUT2D eigenvalue weighted by Gasteiger charge is 2.11. The van der Waals surface area contributed by atoms with Crippen molar-refractivity contribution in [3.8, 4) is 5.75 Å². The second-order valence-electron chi connectivity index (χ2n) is 4.23. The maximum atomic E-state index is 10.7. The second kappa shape index (κ2) is 6.84. The molecule has 0 radical (unpaired) electrons. The fraction of sp³-hybridized carbons (Fsp3) is 0.400. The number of aryl methyl sites for hydroxylation is 1. The van der Waals surface area contributed by atoms with Gasteiger partial charge in [-0.15, -0.1) is 0 Å². The molecule has 1 aromatic rings. The highest BCUT2D eigenvalue weighted by Crippen LogP contribution is 2.32. The summed E-state index contributed by atoms with van der Waals surface area (Å²) in [5.74, 6) is -0.00348. The van der Waals surface area contributed by atoms with Crippen LogP contribution in [-0.4, -0.2) is 18.2 Å². The van der Waals surface area contributed by atoms with Crippen LogP contribution >= 0.6 is 0 Å². The van der Waals surface area contributed by atoms with Crippen molar-refractivity contribution in [2.45, 2.75) is 33.1 Å². The molecule has 0 heterocycles. The highest BCUT2D eigenvalue weighted by atomic mass is 16.5. The van der Waals surface area contributed by atoms with Crippen LogP contribution in [0, 0.1) is 6.92 Å². The zero-order valence-electron chi connectivity index (χ0n) is 11.2. The first kappa shape index (κ1) is 14.3. The summed E-state index contributed by atoms with van der Waals surface area (Å²) in [7, 11) is 1.64. The number of hydrogen-bond acceptors (Lipinski definition) is 2. The van der Waals surface area contributed by atoms with E-state index in [0.29, 0.717) is 0 Å². The van der Waals surface area contributed by atoms with Gasteiger partial charge in [-0.2, -0.15) is 0 Å². The lowest BCUT2D eigenvalue weighted by Gasteiger charge is -2.14. The van der Waals surface area contributed by atoms with Gasteiger partial charge in [0.25, 0.3) is 0 Å². The number of carboxylic acid groups (broad SMARTS) is 1. The van der Waals surface area contributed by atoms with E-state index in [1.807, 2.05) is 25.1 Å². The first-order valence-electron chi connectivity index (χ1n) is 6.15. The number of aliphatic carboxylic acids is 1. The summed E-state index contributed by atoms with van der Waals surface area (Å²) in [5.41, 5.74) is 3.19. The Bertz CT molecular complexity index is 447. The lowest BCUT2D eigenvalue weighted by Crippen LogP contribution is -1.97. The van der Waals surface area contributed by atoms with Gasteiger partial charge in [-0.3, -0.25) is 4.79 Å². The van der Waals surface area contributed by atoms with Crippen LogP contribution in [0.1, 0.15) is 37.3 Å². The summed E-state index contributed by atoms with van der Waals surface area (Å²) in [6, 6.07) is 5.87. The summed E-state index contributed by atoms with van der Waals surface area (Å²) >= 11 is 0. The van der Waals surface area contributed by atoms with Crippen molar-refractivity contribution in [3.63, 3.8) is 0 Å². The van der Waals surface area contributed by atoms with E-state index in [0.717, 1.165) is 35.3 Å². The van der Waals surface area contributed by atoms with Gasteiger partial charge in [0.1, 0.15) is 5.75 Å². The zero-order chi connectivity index (χ0) is 13.5. The van der Waals surface area contributed by atoms with Gasteiger partial charge in [0.05, 0.1) is 13.5 Å². The van der Waals surface area contributed by atoms with Gasteiger partial charge in [-0.1, -0.05) is 31.6 Å². The lowest BCUT2D eigenvalue weighted by molar-refractivity contribution is -0.135. The summed E-state index contributed by atoms with van der Waals surface area (Å²) < 4.78 is 5.37. The SMILES string of the molecule is CCC/C(=C\CC(=O)O)c1c(C)cccc1OC. The average molecular weight is 248 g/mol. The van der Waals surface area contributed by atoms with Crippen molar-refractivity contribution in [3.05, 3.63) is 35.4 Å². The van der Waals surface area contributed by atoms with Crippen LogP contribution in [0.4, 0.5) is 0 Å². The van der Waals surface area contributed by atoms with Crippen LogP contribution in [0.5, 0.6) is 5.75 Å². The molecule has 18 heavy (non-hydrogen) atoms. The minimum atomic E-state index is -0.809. The number of allylic oxidation sites excluding steroid dienone is 1. The Balaban J connectivity index is 3.20. The third-order valence-corrected chi connectivity index (χ3v) is 2.82. The second-order valence-corrected chi connectivity index (χ2v) is 4.23. The molecule has 0 aliphatic heterocycles. The number of hydrogen-bond donors (Lipinski definition) is 1. The Labute approximate surface area is 108 Å². The number of methoxy groups -OCH3 is 1. The van der Waals surface area contributed by atoms with Crippen molar-refractivity contribution in [2.24, 2.45) is 0 Å². The molecule has 3 heteroatoms. The fourth-order valence-electron chi connectivity index (χ4n) is 2.03. The van der Waals surface area contributed by atoms with Gasteiger partial charge in [-0.05, 0) is 30.5 Å². The predicted molar refractivity (Wildman–Crippen MR) is 72.9 cm³/mol. The van der Waals surface area contributed by atoms with Crippen molar-refractivity contribution in [2.75, 3.05) is 7.11 Å². The third-order valence-electron chi connectivity index (χ3n) is 2.82. The molecule has 1 rings (SSSR count). The van der Waals surface area contributed by atoms with E-state index in [1.54, 1.807) is 13.2 Å². The molecule has 0 atom stereocenters. The summed E-state index contributed by atoms with van der Waals surface area (Å²) in [6.45, 7) is 4.10. The van der Waals surface area contributed by atoms with E-state index in [9.17, 15) is 4.79 Å². The largest absolute Gasteiger partial charge is 0.496 e. The number of rotatable bonds is 6. The molecule has 0 bridgehead atoms. The number of ether oxygens (including phenoxy) is 1. The minimum Gasteiger partial charge on any atom is -0.496 e. The van der Waals surface area contributed by atoms with E-state index >= 15 is 0 Å². The summed E-state index contributed by atoms with van der Waals surface area (Å²) in [4.78, 5) is 10.7. The van der Waals surface area contributed by atoms with Gasteiger partial charge in [0.15, 0.2) is 0 Å². The molecule has 0 saturated heterocycles. The first-order chi connectivity index (χ1) is 8.60. The topological polar surface area (TPSA) is 46.5 Å². The van der Waals surface area contributed by atoms with Gasteiger partial charge in [-0.25, -0.2) is 0 Å². The van der Waals surface area contributed by atoms with E-state index < -0.39 is 5.97 Å². The normalized spacial score (nSPS) is 11.4. The Morgan fingerprint density at radius 1 is 1.44 bits per heavy atom. The molecule has 0 aliphatic carbocycles. The molecule has 1 N–H and O–H groups in total. The van der Waals surface area contributed by atoms with Crippen molar-refractivity contribution in [1.82, 2.24) is 0 Å². The van der Waals surface area contributed by atoms with Crippen LogP contribution in [0.15, 0.2) is 24.3 Å². The Kier molecular flexibility index (Phi) is 5.43. The van der Waals surface area contributed by atoms with Crippen molar-refractivity contribution in [1.29, 1.82) is 0 Å². The van der Waals surface area contributed by atoms with E-state index in [-0.39, 0.29) is 6.42 Å². The van der Waals surface area contributed by atoms with Gasteiger partial charge >= 0.3 is 5.97 Å². The lowest BCUT2D eigenvalue weighted by atomic mass is 9.95. The van der Waals surface area contributed by atoms with Gasteiger partial charge in [0.2, 0.25) is 0 Å². The molecular formula is C15H20O3. The smallest absolute Gasteiger partial charge is 0.307 e. The Morgan fingerprint density at radius 2 is 2.17 bits per heavy atom. The van der Waals surface area contributed by atoms with Crippen LogP contribution in [0.3, 0.4) is 0 Å². The molecule has 3 nitrogen and oxygen atoms in total. The number of benzene rings is 1. The van der Waals surface area contributed by atoms with Crippen LogP contribution in [-0.2, 0) is 4.79 Å². The van der Waals surface area contributed by atoms with E-state index in [2.05, 4.69) is 6.92 Å². The molecule has 98 valence electrons. The molecule has 1 aromatic carbocycles. The number of carboxylic acids is 1. The zero-order valence-corrected chi connectivity index (χ0v) is 11.2. The monoisotopic (exact) mass is 248 g/mol. The molecular weight excluding hydrogens is 228 g/mol. The molecule has 0 amide bonds. The first-order valence-corrected chi connectivity index (χ1v) is 6.15. The Morgan fingerprint density at radius 3 is 2.72 bits per heavy atom. The van der Waals surface area contributed by atoms with Crippen LogP contribution in [0.2, 0.25) is 0 Å². The number of carbonyl (C=O) groups is 1. The Hall–Kier alpha value is -1.77. The molecule has 0 spiro atoms. The average Bonchev–Trinajstić information content (AvgIpc) is 2.34. The maximum absolute atomic E-state index is 10.7. The standard InChI is InChI=1S/C15H20O3/c1-4-6-12(9-10-14(16)17)15-11(2)7-5-8-13(15)18-3/h5,7-9H,4,6,10H2,1-3H3,(H,16,17)/b12-9+. The summed E-state index contributed by atoms with van der Waals surface area (Å²) in [6.07, 6.45) is 3.67. The quantitative estimate of drug-likeness (QED) is 0.835. The molecule has 0 aliphatic rings. The third kappa shape index (κ3) is 3.62. The molecule has 0 unspecified atom stereocenters. The van der Waals surface area contributed by atoms with E-state index in [1.165, 1.54) is 0 Å². The maximum Gasteiger partial charge on any atom is 0.307 e.